The van der Waals surface area contributed by atoms with Gasteiger partial charge in [0.05, 0.1) is 6.61 Å². The van der Waals surface area contributed by atoms with Crippen LogP contribution < -0.4 is 15.4 Å². The number of ether oxygens (including phenoxy) is 1. The standard InChI is InChI=1S/C20H34N4O/c1-3-13-24-14-10-18(11-15-24)17-23-20(21-2)22-12-7-16-25-19-8-5-4-6-9-19/h4-6,8-9,18H,3,7,10-17H2,1-2H3,(H2,21,22,23). The molecule has 2 rings (SSSR count). The summed E-state index contributed by atoms with van der Waals surface area (Å²) in [5, 5.41) is 6.85. The molecule has 2 N–H and O–H groups in total. The van der Waals surface area contributed by atoms with E-state index in [4.69, 9.17) is 4.74 Å². The summed E-state index contributed by atoms with van der Waals surface area (Å²) in [6, 6.07) is 9.95. The van der Waals surface area contributed by atoms with E-state index in [1.165, 1.54) is 38.9 Å². The molecule has 0 atom stereocenters. The molecule has 1 fully saturated rings. The monoisotopic (exact) mass is 346 g/mol. The molecule has 5 heteroatoms. The zero-order valence-electron chi connectivity index (χ0n) is 15.8. The maximum atomic E-state index is 5.70. The molecule has 5 nitrogen and oxygen atoms in total. The van der Waals surface area contributed by atoms with Crippen LogP contribution in [-0.4, -0.2) is 57.2 Å². The molecular weight excluding hydrogens is 312 g/mol. The highest BCUT2D eigenvalue weighted by molar-refractivity contribution is 5.79. The van der Waals surface area contributed by atoms with Gasteiger partial charge in [-0.05, 0) is 63.4 Å². The molecule has 25 heavy (non-hydrogen) atoms. The fraction of sp³-hybridized carbons (Fsp3) is 0.650. The average molecular weight is 347 g/mol. The van der Waals surface area contributed by atoms with Gasteiger partial charge in [-0.15, -0.1) is 0 Å². The molecule has 140 valence electrons. The number of nitrogens with zero attached hydrogens (tertiary/aromatic N) is 2. The maximum absolute atomic E-state index is 5.70. The SMILES string of the molecule is CCCN1CCC(CNC(=NC)NCCCOc2ccccc2)CC1. The van der Waals surface area contributed by atoms with Crippen molar-refractivity contribution in [1.29, 1.82) is 0 Å². The van der Waals surface area contributed by atoms with Crippen molar-refractivity contribution < 1.29 is 4.74 Å². The van der Waals surface area contributed by atoms with Gasteiger partial charge in [0.2, 0.25) is 0 Å². The lowest BCUT2D eigenvalue weighted by Crippen LogP contribution is -2.43. The number of rotatable bonds is 9. The Bertz CT molecular complexity index is 484. The van der Waals surface area contributed by atoms with E-state index in [0.29, 0.717) is 6.61 Å². The Kier molecular flexibility index (Phi) is 9.19. The van der Waals surface area contributed by atoms with E-state index in [9.17, 15) is 0 Å². The summed E-state index contributed by atoms with van der Waals surface area (Å²) in [7, 11) is 1.83. The number of likely N-dealkylation sites (tertiary alicyclic amines) is 1. The molecule has 0 bridgehead atoms. The number of piperidine rings is 1. The van der Waals surface area contributed by atoms with E-state index in [1.807, 2.05) is 37.4 Å². The highest BCUT2D eigenvalue weighted by atomic mass is 16.5. The number of hydrogen-bond donors (Lipinski definition) is 2. The van der Waals surface area contributed by atoms with E-state index in [-0.39, 0.29) is 0 Å². The number of benzene rings is 1. The average Bonchev–Trinajstić information content (AvgIpc) is 2.66. The summed E-state index contributed by atoms with van der Waals surface area (Å²) in [6.45, 7) is 8.57. The van der Waals surface area contributed by atoms with Gasteiger partial charge in [-0.2, -0.15) is 0 Å². The first-order valence-corrected chi connectivity index (χ1v) is 9.66. The number of para-hydroxylation sites is 1. The summed E-state index contributed by atoms with van der Waals surface area (Å²) >= 11 is 0. The van der Waals surface area contributed by atoms with Crippen LogP contribution in [0.4, 0.5) is 0 Å². The normalized spacial score (nSPS) is 16.6. The molecule has 1 aliphatic rings. The lowest BCUT2D eigenvalue weighted by Gasteiger charge is -2.32. The first-order valence-electron chi connectivity index (χ1n) is 9.66. The summed E-state index contributed by atoms with van der Waals surface area (Å²) < 4.78 is 5.70. The van der Waals surface area contributed by atoms with Crippen LogP contribution in [-0.2, 0) is 0 Å². The van der Waals surface area contributed by atoms with Crippen LogP contribution in [0.25, 0.3) is 0 Å². The molecule has 0 unspecified atom stereocenters. The van der Waals surface area contributed by atoms with Crippen LogP contribution in [0.5, 0.6) is 5.75 Å². The van der Waals surface area contributed by atoms with Gasteiger partial charge in [-0.25, -0.2) is 0 Å². The third kappa shape index (κ3) is 7.78. The molecule has 1 aromatic rings. The summed E-state index contributed by atoms with van der Waals surface area (Å²) in [4.78, 5) is 6.90. The zero-order valence-corrected chi connectivity index (χ0v) is 15.8. The molecule has 0 aromatic heterocycles. The first kappa shape index (κ1) is 19.6. The van der Waals surface area contributed by atoms with Gasteiger partial charge in [0, 0.05) is 20.1 Å². The highest BCUT2D eigenvalue weighted by Crippen LogP contribution is 2.16. The Morgan fingerprint density at radius 1 is 1.20 bits per heavy atom. The van der Waals surface area contributed by atoms with E-state index >= 15 is 0 Å². The summed E-state index contributed by atoms with van der Waals surface area (Å²) in [6.07, 6.45) is 4.78. The van der Waals surface area contributed by atoms with Crippen LogP contribution in [0.1, 0.15) is 32.6 Å². The topological polar surface area (TPSA) is 48.9 Å². The number of nitrogens with one attached hydrogen (secondary N) is 2. The Hall–Kier alpha value is -1.75. The summed E-state index contributed by atoms with van der Waals surface area (Å²) in [5.74, 6) is 2.59. The fourth-order valence-corrected chi connectivity index (χ4v) is 3.18. The Morgan fingerprint density at radius 3 is 2.64 bits per heavy atom. The van der Waals surface area contributed by atoms with E-state index in [1.54, 1.807) is 0 Å². The zero-order chi connectivity index (χ0) is 17.7. The third-order valence-corrected chi connectivity index (χ3v) is 4.65. The van der Waals surface area contributed by atoms with Gasteiger partial charge in [0.25, 0.3) is 0 Å². The van der Waals surface area contributed by atoms with Gasteiger partial charge in [0.1, 0.15) is 5.75 Å². The molecule has 0 spiro atoms. The Morgan fingerprint density at radius 2 is 1.96 bits per heavy atom. The molecule has 1 aromatic carbocycles. The largest absolute Gasteiger partial charge is 0.494 e. The number of guanidine groups is 1. The van der Waals surface area contributed by atoms with Crippen molar-refractivity contribution in [3.8, 4) is 5.75 Å². The van der Waals surface area contributed by atoms with Crippen molar-refractivity contribution in [3.05, 3.63) is 30.3 Å². The van der Waals surface area contributed by atoms with Crippen LogP contribution >= 0.6 is 0 Å². The van der Waals surface area contributed by atoms with Crippen molar-refractivity contribution in [2.24, 2.45) is 10.9 Å². The minimum atomic E-state index is 0.712. The minimum Gasteiger partial charge on any atom is -0.494 e. The van der Waals surface area contributed by atoms with E-state index < -0.39 is 0 Å². The van der Waals surface area contributed by atoms with Crippen molar-refractivity contribution >= 4 is 5.96 Å². The molecule has 1 saturated heterocycles. The second kappa shape index (κ2) is 11.7. The van der Waals surface area contributed by atoms with Gasteiger partial charge in [-0.3, -0.25) is 4.99 Å². The predicted molar refractivity (Wildman–Crippen MR) is 105 cm³/mol. The molecular formula is C20H34N4O. The van der Waals surface area contributed by atoms with Crippen molar-refractivity contribution in [3.63, 3.8) is 0 Å². The molecule has 0 radical (unpaired) electrons. The van der Waals surface area contributed by atoms with Crippen LogP contribution in [0.2, 0.25) is 0 Å². The number of hydrogen-bond acceptors (Lipinski definition) is 3. The molecule has 0 aliphatic carbocycles. The van der Waals surface area contributed by atoms with Crippen molar-refractivity contribution in [2.45, 2.75) is 32.6 Å². The first-order chi connectivity index (χ1) is 12.3. The number of aliphatic imine (C=N–C) groups is 1. The van der Waals surface area contributed by atoms with Crippen LogP contribution in [0.15, 0.2) is 35.3 Å². The molecule has 0 saturated carbocycles. The summed E-state index contributed by atoms with van der Waals surface area (Å²) in [5.41, 5.74) is 0. The van der Waals surface area contributed by atoms with Gasteiger partial charge in [-0.1, -0.05) is 25.1 Å². The van der Waals surface area contributed by atoms with Crippen LogP contribution in [0, 0.1) is 5.92 Å². The smallest absolute Gasteiger partial charge is 0.190 e. The lowest BCUT2D eigenvalue weighted by molar-refractivity contribution is 0.185. The third-order valence-electron chi connectivity index (χ3n) is 4.65. The lowest BCUT2D eigenvalue weighted by atomic mass is 9.97. The molecule has 1 heterocycles. The molecule has 0 amide bonds. The van der Waals surface area contributed by atoms with E-state index in [0.717, 1.165) is 37.1 Å². The minimum absolute atomic E-state index is 0.712. The van der Waals surface area contributed by atoms with E-state index in [2.05, 4.69) is 27.4 Å². The fourth-order valence-electron chi connectivity index (χ4n) is 3.18. The van der Waals surface area contributed by atoms with Crippen LogP contribution in [0.3, 0.4) is 0 Å². The second-order valence-corrected chi connectivity index (χ2v) is 6.68. The quantitative estimate of drug-likeness (QED) is 0.410. The second-order valence-electron chi connectivity index (χ2n) is 6.68. The Balaban J connectivity index is 1.54. The Labute approximate surface area is 152 Å². The van der Waals surface area contributed by atoms with Crippen molar-refractivity contribution in [1.82, 2.24) is 15.5 Å². The van der Waals surface area contributed by atoms with Crippen molar-refractivity contribution in [2.75, 3.05) is 46.4 Å². The van der Waals surface area contributed by atoms with Gasteiger partial charge in [0.15, 0.2) is 5.96 Å². The van der Waals surface area contributed by atoms with Gasteiger partial charge >= 0.3 is 0 Å². The predicted octanol–water partition coefficient (Wildman–Crippen LogP) is 2.74. The molecule has 1 aliphatic heterocycles. The highest BCUT2D eigenvalue weighted by Gasteiger charge is 2.18. The maximum Gasteiger partial charge on any atom is 0.190 e. The van der Waals surface area contributed by atoms with Gasteiger partial charge < -0.3 is 20.3 Å².